The molecule has 0 fully saturated rings. The second-order valence-corrected chi connectivity index (χ2v) is 21.0. The predicted molar refractivity (Wildman–Crippen MR) is 287 cm³/mol. The molecule has 0 saturated carbocycles. The number of fused-ring (bicyclic) bond motifs is 4. The van der Waals surface area contributed by atoms with Gasteiger partial charge in [-0.1, -0.05) is 231 Å². The Balaban J connectivity index is 1.13. The van der Waals surface area contributed by atoms with Crippen LogP contribution in [0.2, 0.25) is 0 Å². The Labute approximate surface area is 392 Å². The molecule has 0 amide bonds. The molecule has 11 aromatic carbocycles. The first-order chi connectivity index (χ1) is 33.3. The van der Waals surface area contributed by atoms with Crippen molar-refractivity contribution in [3.8, 4) is 27.9 Å². The second-order valence-electron chi connectivity index (χ2n) is 17.2. The van der Waals surface area contributed by atoms with Crippen LogP contribution < -0.4 is 25.6 Å². The van der Waals surface area contributed by atoms with Crippen molar-refractivity contribution in [1.29, 1.82) is 0 Å². The minimum atomic E-state index is -2.86. The molecule has 0 aliphatic rings. The summed E-state index contributed by atoms with van der Waals surface area (Å²) in [4.78, 5) is 2.50. The van der Waals surface area contributed by atoms with Crippen LogP contribution in [0.4, 0.5) is 17.1 Å². The summed E-state index contributed by atoms with van der Waals surface area (Å²) in [6, 6.07) is 103. The minimum absolute atomic E-state index is 1.08. The van der Waals surface area contributed by atoms with E-state index in [1.54, 1.807) is 0 Å². The molecule has 0 aliphatic carbocycles. The Hall–Kier alpha value is -8.50. The average molecular weight is 871 g/mol. The zero-order chi connectivity index (χ0) is 44.6. The number of rotatable bonds is 10. The van der Waals surface area contributed by atoms with Crippen molar-refractivity contribution in [2.45, 2.75) is 0 Å². The molecule has 316 valence electrons. The molecule has 0 aliphatic heterocycles. The van der Waals surface area contributed by atoms with Gasteiger partial charge < -0.3 is 9.47 Å². The quantitative estimate of drug-likeness (QED) is 0.0982. The fraction of sp³-hybridized carbons (Fsp3) is 0. The van der Waals surface area contributed by atoms with Gasteiger partial charge in [0.1, 0.15) is 0 Å². The van der Waals surface area contributed by atoms with E-state index in [-0.39, 0.29) is 0 Å². The van der Waals surface area contributed by atoms with E-state index in [9.17, 15) is 0 Å². The van der Waals surface area contributed by atoms with E-state index in [0.29, 0.717) is 0 Å². The number of hydrogen-bond donors (Lipinski definition) is 0. The summed E-state index contributed by atoms with van der Waals surface area (Å²) < 4.78 is 2.47. The molecule has 0 atom stereocenters. The molecule has 12 aromatic rings. The highest BCUT2D eigenvalue weighted by molar-refractivity contribution is 7.19. The highest BCUT2D eigenvalue weighted by Crippen LogP contribution is 2.45. The second kappa shape index (κ2) is 17.1. The van der Waals surface area contributed by atoms with Gasteiger partial charge in [-0.3, -0.25) is 0 Å². The molecule has 0 radical (unpaired) electrons. The summed E-state index contributed by atoms with van der Waals surface area (Å²) in [6.07, 6.45) is 0. The Bertz CT molecular complexity index is 3570. The van der Waals surface area contributed by atoms with Crippen LogP contribution in [0.5, 0.6) is 0 Å². The molecular weight excluding hydrogens is 825 g/mol. The van der Waals surface area contributed by atoms with Crippen LogP contribution in [-0.2, 0) is 0 Å². The fourth-order valence-corrected chi connectivity index (χ4v) is 15.4. The molecule has 0 unspecified atom stereocenters. The molecule has 67 heavy (non-hydrogen) atoms. The Morgan fingerprint density at radius 3 is 1.51 bits per heavy atom. The van der Waals surface area contributed by atoms with Gasteiger partial charge >= 0.3 is 0 Å². The molecule has 0 N–H and O–H groups in total. The zero-order valence-electron chi connectivity index (χ0n) is 37.0. The highest BCUT2D eigenvalue weighted by Gasteiger charge is 2.41. The van der Waals surface area contributed by atoms with E-state index in [1.807, 2.05) is 0 Å². The standard InChI is InChI=1S/C64H46N2Si/c1-5-22-48(23-6-1)58-35-15-17-38-60(58)66-61-39-18-16-36-59(61)64-62(40-21-41-63(64)66)65(50-44-42-49(43-45-50)57-37-19-25-47-24-13-14-34-56(47)57)51-26-20-33-55(46-51)67(52-27-7-2-8-28-52,53-29-9-3-10-30-53)54-31-11-4-12-32-54/h1-46H. The molecule has 0 bridgehead atoms. The van der Waals surface area contributed by atoms with Crippen molar-refractivity contribution in [1.82, 2.24) is 4.57 Å². The van der Waals surface area contributed by atoms with Gasteiger partial charge in [0.05, 0.1) is 22.4 Å². The third-order valence-corrected chi connectivity index (χ3v) is 18.3. The molecular formula is C64H46N2Si. The lowest BCUT2D eigenvalue weighted by atomic mass is 9.98. The predicted octanol–water partition coefficient (Wildman–Crippen LogP) is 14.1. The maximum Gasteiger partial charge on any atom is 0.179 e. The van der Waals surface area contributed by atoms with Gasteiger partial charge in [-0.2, -0.15) is 0 Å². The lowest BCUT2D eigenvalue weighted by Crippen LogP contribution is -2.74. The molecule has 0 saturated heterocycles. The third kappa shape index (κ3) is 6.87. The number of para-hydroxylation sites is 2. The number of aromatic nitrogens is 1. The van der Waals surface area contributed by atoms with Crippen LogP contribution in [0.1, 0.15) is 0 Å². The van der Waals surface area contributed by atoms with Gasteiger partial charge in [0.15, 0.2) is 8.07 Å². The van der Waals surface area contributed by atoms with Crippen molar-refractivity contribution in [2.24, 2.45) is 0 Å². The van der Waals surface area contributed by atoms with Crippen LogP contribution in [0.25, 0.3) is 60.5 Å². The number of anilines is 3. The third-order valence-electron chi connectivity index (χ3n) is 13.5. The number of nitrogens with zero attached hydrogens (tertiary/aromatic N) is 2. The maximum absolute atomic E-state index is 2.86. The maximum atomic E-state index is 2.50. The summed E-state index contributed by atoms with van der Waals surface area (Å²) in [6.45, 7) is 0. The highest BCUT2D eigenvalue weighted by atomic mass is 28.3. The molecule has 0 spiro atoms. The first-order valence-electron chi connectivity index (χ1n) is 23.1. The first-order valence-corrected chi connectivity index (χ1v) is 25.1. The molecule has 3 heteroatoms. The van der Waals surface area contributed by atoms with Crippen molar-refractivity contribution < 1.29 is 0 Å². The lowest BCUT2D eigenvalue weighted by molar-refractivity contribution is 1.18. The zero-order valence-corrected chi connectivity index (χ0v) is 38.0. The smallest absolute Gasteiger partial charge is 0.179 e. The van der Waals surface area contributed by atoms with E-state index < -0.39 is 8.07 Å². The van der Waals surface area contributed by atoms with E-state index in [4.69, 9.17) is 0 Å². The summed E-state index contributed by atoms with van der Waals surface area (Å²) in [5.74, 6) is 0. The number of hydrogen-bond acceptors (Lipinski definition) is 1. The van der Waals surface area contributed by atoms with Gasteiger partial charge in [-0.15, -0.1) is 0 Å². The summed E-state index contributed by atoms with van der Waals surface area (Å²) >= 11 is 0. The van der Waals surface area contributed by atoms with E-state index >= 15 is 0 Å². The monoisotopic (exact) mass is 870 g/mol. The molecule has 1 heterocycles. The lowest BCUT2D eigenvalue weighted by Gasteiger charge is -2.35. The van der Waals surface area contributed by atoms with Gasteiger partial charge in [0.2, 0.25) is 0 Å². The number of benzene rings is 11. The summed E-state index contributed by atoms with van der Waals surface area (Å²) in [7, 11) is -2.86. The largest absolute Gasteiger partial charge is 0.310 e. The Kier molecular flexibility index (Phi) is 10.2. The van der Waals surface area contributed by atoms with Crippen LogP contribution in [0, 0.1) is 0 Å². The van der Waals surface area contributed by atoms with E-state index in [0.717, 1.165) is 33.8 Å². The normalized spacial score (nSPS) is 11.6. The topological polar surface area (TPSA) is 8.17 Å². The Morgan fingerprint density at radius 1 is 0.313 bits per heavy atom. The molecule has 12 rings (SSSR count). The fourth-order valence-electron chi connectivity index (χ4n) is 10.6. The van der Waals surface area contributed by atoms with Gasteiger partial charge in [-0.05, 0) is 96.7 Å². The van der Waals surface area contributed by atoms with Crippen molar-refractivity contribution in [2.75, 3.05) is 4.90 Å². The van der Waals surface area contributed by atoms with Crippen LogP contribution in [-0.4, -0.2) is 12.6 Å². The van der Waals surface area contributed by atoms with Crippen molar-refractivity contribution in [3.05, 3.63) is 279 Å². The minimum Gasteiger partial charge on any atom is -0.310 e. The van der Waals surface area contributed by atoms with Crippen LogP contribution >= 0.6 is 0 Å². The van der Waals surface area contributed by atoms with Gasteiger partial charge in [0, 0.05) is 27.7 Å². The van der Waals surface area contributed by atoms with Gasteiger partial charge in [0.25, 0.3) is 0 Å². The average Bonchev–Trinajstić information content (AvgIpc) is 3.75. The first kappa shape index (κ1) is 40.0. The van der Waals surface area contributed by atoms with E-state index in [2.05, 4.69) is 289 Å². The summed E-state index contributed by atoms with van der Waals surface area (Å²) in [5, 5.41) is 10.2. The van der Waals surface area contributed by atoms with Crippen LogP contribution in [0.15, 0.2) is 279 Å². The Morgan fingerprint density at radius 2 is 0.806 bits per heavy atom. The van der Waals surface area contributed by atoms with Crippen LogP contribution in [0.3, 0.4) is 0 Å². The summed E-state index contributed by atoms with van der Waals surface area (Å²) in [5.41, 5.74) is 11.6. The SMILES string of the molecule is c1ccc(-c2ccccc2-n2c3ccccc3c3c(N(c4ccc(-c5cccc6ccccc56)cc4)c4cccc([Si](c5ccccc5)(c5ccccc5)c5ccccc5)c4)cccc32)cc1. The van der Waals surface area contributed by atoms with Crippen molar-refractivity contribution in [3.63, 3.8) is 0 Å². The molecule has 2 nitrogen and oxygen atoms in total. The van der Waals surface area contributed by atoms with E-state index in [1.165, 1.54) is 64.5 Å². The van der Waals surface area contributed by atoms with Crippen molar-refractivity contribution >= 4 is 78.5 Å². The molecule has 1 aromatic heterocycles. The van der Waals surface area contributed by atoms with Gasteiger partial charge in [-0.25, -0.2) is 0 Å².